The van der Waals surface area contributed by atoms with Gasteiger partial charge in [-0.1, -0.05) is 18.2 Å². The van der Waals surface area contributed by atoms with E-state index in [2.05, 4.69) is 5.32 Å². The van der Waals surface area contributed by atoms with Crippen molar-refractivity contribution in [1.82, 2.24) is 4.90 Å². The first kappa shape index (κ1) is 18.0. The van der Waals surface area contributed by atoms with Gasteiger partial charge in [-0.3, -0.25) is 9.59 Å². The van der Waals surface area contributed by atoms with Crippen LogP contribution in [-0.2, 0) is 29.0 Å². The standard InChI is InChI=1S/C21H24N2O3/c1-3-26-19-11-7-15(8-12-19)14-23(2)21(25)20(24)22-18-10-9-16-5-4-6-17(16)13-18/h7-13H,3-6,14H2,1-2H3,(H,22,24). The van der Waals surface area contributed by atoms with E-state index in [1.807, 2.05) is 49.4 Å². The lowest BCUT2D eigenvalue weighted by Gasteiger charge is -2.17. The number of ether oxygens (including phenoxy) is 1. The van der Waals surface area contributed by atoms with E-state index in [9.17, 15) is 9.59 Å². The summed E-state index contributed by atoms with van der Waals surface area (Å²) < 4.78 is 5.40. The average Bonchev–Trinajstić information content (AvgIpc) is 3.10. The maximum atomic E-state index is 12.3. The highest BCUT2D eigenvalue weighted by Gasteiger charge is 2.20. The minimum Gasteiger partial charge on any atom is -0.494 e. The van der Waals surface area contributed by atoms with Gasteiger partial charge in [-0.15, -0.1) is 0 Å². The second-order valence-corrected chi connectivity index (χ2v) is 6.53. The second kappa shape index (κ2) is 8.04. The Bertz CT molecular complexity index is 799. The fraction of sp³-hybridized carbons (Fsp3) is 0.333. The molecule has 0 saturated heterocycles. The van der Waals surface area contributed by atoms with Gasteiger partial charge in [0.2, 0.25) is 0 Å². The predicted molar refractivity (Wildman–Crippen MR) is 101 cm³/mol. The summed E-state index contributed by atoms with van der Waals surface area (Å²) >= 11 is 0. The number of carbonyl (C=O) groups is 2. The number of fused-ring (bicyclic) bond motifs is 1. The van der Waals surface area contributed by atoms with Crippen molar-refractivity contribution < 1.29 is 14.3 Å². The van der Waals surface area contributed by atoms with Gasteiger partial charge < -0.3 is 15.0 Å². The normalized spacial score (nSPS) is 12.4. The molecule has 0 atom stereocenters. The zero-order valence-corrected chi connectivity index (χ0v) is 15.2. The maximum Gasteiger partial charge on any atom is 0.313 e. The summed E-state index contributed by atoms with van der Waals surface area (Å²) in [5.74, 6) is -0.379. The average molecular weight is 352 g/mol. The number of hydrogen-bond donors (Lipinski definition) is 1. The summed E-state index contributed by atoms with van der Waals surface area (Å²) in [5.41, 5.74) is 4.22. The second-order valence-electron chi connectivity index (χ2n) is 6.53. The van der Waals surface area contributed by atoms with Crippen molar-refractivity contribution in [3.05, 3.63) is 59.2 Å². The van der Waals surface area contributed by atoms with Gasteiger partial charge in [-0.25, -0.2) is 0 Å². The number of benzene rings is 2. The number of amides is 2. The molecule has 5 heteroatoms. The van der Waals surface area contributed by atoms with Crippen LogP contribution in [0, 0.1) is 0 Å². The Labute approximate surface area is 154 Å². The number of likely N-dealkylation sites (N-methyl/N-ethyl adjacent to an activating group) is 1. The fourth-order valence-electron chi connectivity index (χ4n) is 3.21. The third kappa shape index (κ3) is 4.23. The van der Waals surface area contributed by atoms with Gasteiger partial charge in [0.1, 0.15) is 5.75 Å². The molecular weight excluding hydrogens is 328 g/mol. The number of nitrogens with one attached hydrogen (secondary N) is 1. The summed E-state index contributed by atoms with van der Waals surface area (Å²) in [6.07, 6.45) is 3.27. The molecule has 0 bridgehead atoms. The number of aryl methyl sites for hydroxylation is 2. The minimum atomic E-state index is -0.614. The van der Waals surface area contributed by atoms with E-state index in [0.29, 0.717) is 18.8 Å². The predicted octanol–water partition coefficient (Wildman–Crippen LogP) is 3.17. The van der Waals surface area contributed by atoms with Crippen LogP contribution >= 0.6 is 0 Å². The first-order valence-corrected chi connectivity index (χ1v) is 8.97. The topological polar surface area (TPSA) is 58.6 Å². The molecule has 0 unspecified atom stereocenters. The number of nitrogens with zero attached hydrogens (tertiary/aromatic N) is 1. The Balaban J connectivity index is 1.58. The van der Waals surface area contributed by atoms with Crippen molar-refractivity contribution in [3.8, 4) is 5.75 Å². The molecule has 1 N–H and O–H groups in total. The van der Waals surface area contributed by atoms with Crippen LogP contribution in [-0.4, -0.2) is 30.4 Å². The molecule has 2 aromatic carbocycles. The van der Waals surface area contributed by atoms with Gasteiger partial charge >= 0.3 is 11.8 Å². The summed E-state index contributed by atoms with van der Waals surface area (Å²) in [6, 6.07) is 13.4. The molecule has 0 aliphatic heterocycles. The molecule has 26 heavy (non-hydrogen) atoms. The van der Waals surface area contributed by atoms with Gasteiger partial charge in [-0.2, -0.15) is 0 Å². The van der Waals surface area contributed by atoms with E-state index in [-0.39, 0.29) is 0 Å². The molecule has 0 radical (unpaired) electrons. The molecule has 0 fully saturated rings. The Morgan fingerprint density at radius 3 is 2.54 bits per heavy atom. The third-order valence-electron chi connectivity index (χ3n) is 4.55. The van der Waals surface area contributed by atoms with Crippen LogP contribution in [0.3, 0.4) is 0 Å². The number of anilines is 1. The van der Waals surface area contributed by atoms with Gasteiger partial charge in [-0.05, 0) is 67.1 Å². The summed E-state index contributed by atoms with van der Waals surface area (Å²) in [6.45, 7) is 2.91. The lowest BCUT2D eigenvalue weighted by atomic mass is 10.1. The molecule has 0 spiro atoms. The van der Waals surface area contributed by atoms with Crippen LogP contribution in [0.5, 0.6) is 5.75 Å². The largest absolute Gasteiger partial charge is 0.494 e. The monoisotopic (exact) mass is 352 g/mol. The van der Waals surface area contributed by atoms with E-state index in [1.54, 1.807) is 7.05 Å². The molecule has 5 nitrogen and oxygen atoms in total. The molecule has 1 aliphatic carbocycles. The molecule has 136 valence electrons. The number of rotatable bonds is 5. The lowest BCUT2D eigenvalue weighted by Crippen LogP contribution is -2.36. The third-order valence-corrected chi connectivity index (χ3v) is 4.55. The van der Waals surface area contributed by atoms with Gasteiger partial charge in [0.25, 0.3) is 0 Å². The smallest absolute Gasteiger partial charge is 0.313 e. The van der Waals surface area contributed by atoms with E-state index >= 15 is 0 Å². The first-order valence-electron chi connectivity index (χ1n) is 8.97. The highest BCUT2D eigenvalue weighted by molar-refractivity contribution is 6.39. The van der Waals surface area contributed by atoms with Crippen molar-refractivity contribution in [1.29, 1.82) is 0 Å². The lowest BCUT2D eigenvalue weighted by molar-refractivity contribution is -0.142. The van der Waals surface area contributed by atoms with Gasteiger partial charge in [0.05, 0.1) is 6.61 Å². The van der Waals surface area contributed by atoms with E-state index in [0.717, 1.165) is 30.6 Å². The van der Waals surface area contributed by atoms with Crippen molar-refractivity contribution in [2.24, 2.45) is 0 Å². The van der Waals surface area contributed by atoms with Crippen LogP contribution in [0.15, 0.2) is 42.5 Å². The van der Waals surface area contributed by atoms with Crippen molar-refractivity contribution >= 4 is 17.5 Å². The fourth-order valence-corrected chi connectivity index (χ4v) is 3.21. The Hall–Kier alpha value is -2.82. The quantitative estimate of drug-likeness (QED) is 0.841. The van der Waals surface area contributed by atoms with Gasteiger partial charge in [0.15, 0.2) is 0 Å². The van der Waals surface area contributed by atoms with Crippen molar-refractivity contribution in [3.63, 3.8) is 0 Å². The summed E-state index contributed by atoms with van der Waals surface area (Å²) in [5, 5.41) is 2.71. The molecule has 0 saturated carbocycles. The van der Waals surface area contributed by atoms with Crippen molar-refractivity contribution in [2.75, 3.05) is 19.0 Å². The van der Waals surface area contributed by atoms with Crippen molar-refractivity contribution in [2.45, 2.75) is 32.7 Å². The van der Waals surface area contributed by atoms with Crippen LogP contribution in [0.4, 0.5) is 5.69 Å². The SMILES string of the molecule is CCOc1ccc(CN(C)C(=O)C(=O)Nc2ccc3c(c2)CCC3)cc1. The first-order chi connectivity index (χ1) is 12.6. The number of hydrogen-bond acceptors (Lipinski definition) is 3. The molecular formula is C21H24N2O3. The highest BCUT2D eigenvalue weighted by atomic mass is 16.5. The molecule has 2 amide bonds. The zero-order chi connectivity index (χ0) is 18.5. The van der Waals surface area contributed by atoms with Crippen LogP contribution in [0.2, 0.25) is 0 Å². The van der Waals surface area contributed by atoms with Crippen LogP contribution < -0.4 is 10.1 Å². The summed E-state index contributed by atoms with van der Waals surface area (Å²) in [7, 11) is 1.63. The molecule has 0 aromatic heterocycles. The molecule has 2 aromatic rings. The summed E-state index contributed by atoms with van der Waals surface area (Å²) in [4.78, 5) is 26.0. The Morgan fingerprint density at radius 1 is 1.08 bits per heavy atom. The Kier molecular flexibility index (Phi) is 5.56. The van der Waals surface area contributed by atoms with E-state index in [1.165, 1.54) is 16.0 Å². The van der Waals surface area contributed by atoms with Gasteiger partial charge in [0, 0.05) is 19.3 Å². The highest BCUT2D eigenvalue weighted by Crippen LogP contribution is 2.24. The maximum absolute atomic E-state index is 12.3. The van der Waals surface area contributed by atoms with E-state index < -0.39 is 11.8 Å². The Morgan fingerprint density at radius 2 is 1.81 bits per heavy atom. The van der Waals surface area contributed by atoms with Crippen LogP contribution in [0.25, 0.3) is 0 Å². The number of carbonyl (C=O) groups excluding carboxylic acids is 2. The minimum absolute atomic E-state index is 0.364. The molecule has 3 rings (SSSR count). The molecule has 1 aliphatic rings. The molecule has 0 heterocycles. The zero-order valence-electron chi connectivity index (χ0n) is 15.2. The van der Waals surface area contributed by atoms with Crippen LogP contribution in [0.1, 0.15) is 30.0 Å². The van der Waals surface area contributed by atoms with E-state index in [4.69, 9.17) is 4.74 Å².